The zero-order valence-electron chi connectivity index (χ0n) is 11.9. The Labute approximate surface area is 124 Å². The normalized spacial score (nSPS) is 18.3. The number of benzene rings is 1. The predicted octanol–water partition coefficient (Wildman–Crippen LogP) is 4.66. The third kappa shape index (κ3) is 3.51. The predicted molar refractivity (Wildman–Crippen MR) is 84.7 cm³/mol. The monoisotopic (exact) mass is 325 g/mol. The number of aliphatic hydroxyl groups excluding tert-OH is 1. The Bertz CT molecular complexity index is 413. The summed E-state index contributed by atoms with van der Waals surface area (Å²) in [5, 5.41) is 9.70. The van der Waals surface area contributed by atoms with Gasteiger partial charge in [0.25, 0.3) is 0 Å². The lowest BCUT2D eigenvalue weighted by Gasteiger charge is -2.35. The van der Waals surface area contributed by atoms with Gasteiger partial charge in [0.2, 0.25) is 0 Å². The van der Waals surface area contributed by atoms with Crippen LogP contribution in [0.1, 0.15) is 57.6 Å². The van der Waals surface area contributed by atoms with Crippen molar-refractivity contribution in [3.05, 3.63) is 28.2 Å². The second kappa shape index (κ2) is 6.76. The van der Waals surface area contributed by atoms with Crippen molar-refractivity contribution in [2.24, 2.45) is 0 Å². The lowest BCUT2D eigenvalue weighted by Crippen LogP contribution is -2.36. The quantitative estimate of drug-likeness (QED) is 0.870. The molecular formula is C16H24BrNO. The van der Waals surface area contributed by atoms with E-state index in [2.05, 4.69) is 39.9 Å². The average molecular weight is 326 g/mol. The van der Waals surface area contributed by atoms with Crippen LogP contribution >= 0.6 is 15.9 Å². The van der Waals surface area contributed by atoms with Crippen LogP contribution < -0.4 is 4.90 Å². The molecule has 2 rings (SSSR count). The Hall–Kier alpha value is -0.540. The standard InChI is InChI=1S/C16H24BrNO/c1-3-18(13-7-5-4-6-8-13)14-9-10-15(12(2)19)16(17)11-14/h9-13,19H,3-8H2,1-2H3. The summed E-state index contributed by atoms with van der Waals surface area (Å²) in [5.41, 5.74) is 2.23. The van der Waals surface area contributed by atoms with E-state index in [0.29, 0.717) is 6.04 Å². The Morgan fingerprint density at radius 2 is 2.00 bits per heavy atom. The van der Waals surface area contributed by atoms with Gasteiger partial charge in [-0.3, -0.25) is 0 Å². The second-order valence-corrected chi connectivity index (χ2v) is 6.31. The molecule has 0 bridgehead atoms. The molecule has 0 aromatic heterocycles. The summed E-state index contributed by atoms with van der Waals surface area (Å²) >= 11 is 3.58. The van der Waals surface area contributed by atoms with E-state index in [1.807, 2.05) is 6.07 Å². The summed E-state index contributed by atoms with van der Waals surface area (Å²) in [7, 11) is 0. The Morgan fingerprint density at radius 3 is 2.53 bits per heavy atom. The zero-order valence-corrected chi connectivity index (χ0v) is 13.5. The SMILES string of the molecule is CCN(c1ccc(C(C)O)c(Br)c1)C1CCCCC1. The first-order valence-electron chi connectivity index (χ1n) is 7.37. The van der Waals surface area contributed by atoms with E-state index in [-0.39, 0.29) is 0 Å². The first-order valence-corrected chi connectivity index (χ1v) is 8.17. The number of nitrogens with zero attached hydrogens (tertiary/aromatic N) is 1. The highest BCUT2D eigenvalue weighted by Crippen LogP contribution is 2.32. The molecule has 0 radical (unpaired) electrons. The molecule has 0 spiro atoms. The summed E-state index contributed by atoms with van der Waals surface area (Å²) in [6, 6.07) is 7.02. The first-order chi connectivity index (χ1) is 9.13. The summed E-state index contributed by atoms with van der Waals surface area (Å²) in [5.74, 6) is 0. The van der Waals surface area contributed by atoms with Gasteiger partial charge in [0.15, 0.2) is 0 Å². The minimum absolute atomic E-state index is 0.423. The molecule has 2 nitrogen and oxygen atoms in total. The lowest BCUT2D eigenvalue weighted by atomic mass is 9.93. The van der Waals surface area contributed by atoms with Gasteiger partial charge in [-0.05, 0) is 44.4 Å². The Morgan fingerprint density at radius 1 is 1.32 bits per heavy atom. The first kappa shape index (κ1) is 14.9. The molecule has 0 amide bonds. The minimum Gasteiger partial charge on any atom is -0.389 e. The molecule has 1 unspecified atom stereocenters. The lowest BCUT2D eigenvalue weighted by molar-refractivity contribution is 0.198. The maximum absolute atomic E-state index is 9.70. The van der Waals surface area contributed by atoms with Crippen molar-refractivity contribution >= 4 is 21.6 Å². The highest BCUT2D eigenvalue weighted by molar-refractivity contribution is 9.10. The Balaban J connectivity index is 2.20. The van der Waals surface area contributed by atoms with Gasteiger partial charge in [-0.2, -0.15) is 0 Å². The molecule has 0 saturated heterocycles. The van der Waals surface area contributed by atoms with Crippen molar-refractivity contribution in [2.45, 2.75) is 58.1 Å². The fraction of sp³-hybridized carbons (Fsp3) is 0.625. The summed E-state index contributed by atoms with van der Waals surface area (Å²) in [6.45, 7) is 5.08. The average Bonchev–Trinajstić information content (AvgIpc) is 2.40. The van der Waals surface area contributed by atoms with E-state index < -0.39 is 6.10 Å². The van der Waals surface area contributed by atoms with Crippen LogP contribution in [-0.2, 0) is 0 Å². The molecule has 1 saturated carbocycles. The van der Waals surface area contributed by atoms with Crippen molar-refractivity contribution in [2.75, 3.05) is 11.4 Å². The van der Waals surface area contributed by atoms with Crippen LogP contribution in [0.25, 0.3) is 0 Å². The van der Waals surface area contributed by atoms with Gasteiger partial charge in [0.1, 0.15) is 0 Å². The number of hydrogen-bond donors (Lipinski definition) is 1. The van der Waals surface area contributed by atoms with Crippen molar-refractivity contribution in [1.29, 1.82) is 0 Å². The maximum atomic E-state index is 9.70. The summed E-state index contributed by atoms with van der Waals surface area (Å²) in [4.78, 5) is 2.51. The van der Waals surface area contributed by atoms with Crippen LogP contribution in [0.3, 0.4) is 0 Å². The molecule has 1 atom stereocenters. The van der Waals surface area contributed by atoms with Crippen molar-refractivity contribution < 1.29 is 5.11 Å². The molecule has 1 aliphatic rings. The van der Waals surface area contributed by atoms with E-state index in [0.717, 1.165) is 16.6 Å². The second-order valence-electron chi connectivity index (χ2n) is 5.46. The number of aliphatic hydroxyl groups is 1. The molecule has 3 heteroatoms. The van der Waals surface area contributed by atoms with Crippen LogP contribution in [-0.4, -0.2) is 17.7 Å². The van der Waals surface area contributed by atoms with Gasteiger partial charge in [0, 0.05) is 22.7 Å². The topological polar surface area (TPSA) is 23.5 Å². The molecule has 1 fully saturated rings. The molecule has 1 aromatic carbocycles. The van der Waals surface area contributed by atoms with Crippen LogP contribution in [0, 0.1) is 0 Å². The molecule has 19 heavy (non-hydrogen) atoms. The van der Waals surface area contributed by atoms with E-state index in [1.54, 1.807) is 6.92 Å². The van der Waals surface area contributed by atoms with Crippen molar-refractivity contribution in [1.82, 2.24) is 0 Å². The Kier molecular flexibility index (Phi) is 5.28. The molecule has 0 aliphatic heterocycles. The van der Waals surface area contributed by atoms with Gasteiger partial charge in [-0.25, -0.2) is 0 Å². The molecule has 1 N–H and O–H groups in total. The fourth-order valence-electron chi connectivity index (χ4n) is 3.08. The number of anilines is 1. The third-order valence-electron chi connectivity index (χ3n) is 4.12. The van der Waals surface area contributed by atoms with Gasteiger partial charge >= 0.3 is 0 Å². The highest BCUT2D eigenvalue weighted by Gasteiger charge is 2.21. The van der Waals surface area contributed by atoms with E-state index in [4.69, 9.17) is 0 Å². The maximum Gasteiger partial charge on any atom is 0.0772 e. The van der Waals surface area contributed by atoms with Crippen molar-refractivity contribution in [3.63, 3.8) is 0 Å². The smallest absolute Gasteiger partial charge is 0.0772 e. The number of halogens is 1. The van der Waals surface area contributed by atoms with Gasteiger partial charge in [0.05, 0.1) is 6.10 Å². The summed E-state index contributed by atoms with van der Waals surface area (Å²) in [6.07, 6.45) is 6.29. The van der Waals surface area contributed by atoms with Crippen LogP contribution in [0.4, 0.5) is 5.69 Å². The molecular weight excluding hydrogens is 302 g/mol. The van der Waals surface area contributed by atoms with E-state index in [1.165, 1.54) is 37.8 Å². The molecule has 106 valence electrons. The number of rotatable bonds is 4. The molecule has 0 heterocycles. The molecule has 1 aliphatic carbocycles. The van der Waals surface area contributed by atoms with Crippen LogP contribution in [0.2, 0.25) is 0 Å². The largest absolute Gasteiger partial charge is 0.389 e. The summed E-state index contributed by atoms with van der Waals surface area (Å²) < 4.78 is 1.01. The minimum atomic E-state index is -0.423. The van der Waals surface area contributed by atoms with Gasteiger partial charge < -0.3 is 10.0 Å². The number of hydrogen-bond acceptors (Lipinski definition) is 2. The van der Waals surface area contributed by atoms with Gasteiger partial charge in [-0.1, -0.05) is 41.3 Å². The third-order valence-corrected chi connectivity index (χ3v) is 4.81. The van der Waals surface area contributed by atoms with E-state index >= 15 is 0 Å². The van der Waals surface area contributed by atoms with Crippen LogP contribution in [0.5, 0.6) is 0 Å². The highest BCUT2D eigenvalue weighted by atomic mass is 79.9. The van der Waals surface area contributed by atoms with Gasteiger partial charge in [-0.15, -0.1) is 0 Å². The zero-order chi connectivity index (χ0) is 13.8. The van der Waals surface area contributed by atoms with Crippen molar-refractivity contribution in [3.8, 4) is 0 Å². The fourth-order valence-corrected chi connectivity index (χ4v) is 3.78. The van der Waals surface area contributed by atoms with E-state index in [9.17, 15) is 5.11 Å². The molecule has 1 aromatic rings. The van der Waals surface area contributed by atoms with Crippen LogP contribution in [0.15, 0.2) is 22.7 Å².